The van der Waals surface area contributed by atoms with Crippen LogP contribution in [0.3, 0.4) is 0 Å². The van der Waals surface area contributed by atoms with Crippen molar-refractivity contribution < 1.29 is 0 Å². The Morgan fingerprint density at radius 3 is 1.01 bits per heavy atom. The summed E-state index contributed by atoms with van der Waals surface area (Å²) >= 11 is 0. The summed E-state index contributed by atoms with van der Waals surface area (Å²) < 4.78 is 4.89. The third-order valence-corrected chi connectivity index (χ3v) is 23.1. The van der Waals surface area contributed by atoms with E-state index in [1.165, 1.54) is 137 Å². The van der Waals surface area contributed by atoms with Gasteiger partial charge >= 0.3 is 0 Å². The minimum Gasteiger partial charge on any atom is -0.309 e. The van der Waals surface area contributed by atoms with E-state index < -0.39 is 0 Å². The summed E-state index contributed by atoms with van der Waals surface area (Å²) in [6.45, 7) is 0. The van der Waals surface area contributed by atoms with Crippen LogP contribution in [0.15, 0.2) is 388 Å². The SMILES string of the molecule is c1ccc(-c2cc3c4c(ccc5c4c4c(cccc4n5-c4ccc(-c5nc(-c6ccccc6)nc(-c6ccc7ccccc7c6)n5)cc4)-c4ccccc4-3)c2)cc1.c1ccc(-c2cc3c4c(ccc5c4c4c(cccc4n5-c4ccc(-c5nc(-c6ccccc6)nc(-c6ccccc6)n5)c5ccccc45)-c4ccccc4-3)c2)cc1. The first-order valence-electron chi connectivity index (χ1n) is 38.7. The number of aromatic nitrogens is 8. The van der Waals surface area contributed by atoms with Crippen LogP contribution in [0, 0.1) is 0 Å². The van der Waals surface area contributed by atoms with Crippen LogP contribution in [-0.2, 0) is 0 Å². The summed E-state index contributed by atoms with van der Waals surface area (Å²) in [5.74, 6) is 3.88. The molecular formula is C106H64N8. The van der Waals surface area contributed by atoms with Crippen molar-refractivity contribution in [2.24, 2.45) is 0 Å². The molecule has 2 aliphatic rings. The van der Waals surface area contributed by atoms with E-state index in [1.807, 2.05) is 66.7 Å². The van der Waals surface area contributed by atoms with Crippen molar-refractivity contribution in [3.05, 3.63) is 388 Å². The van der Waals surface area contributed by atoms with Crippen LogP contribution in [0.25, 0.3) is 233 Å². The molecule has 0 aliphatic heterocycles. The van der Waals surface area contributed by atoms with Gasteiger partial charge in [0.05, 0.1) is 27.8 Å². The Morgan fingerprint density at radius 1 is 0.158 bits per heavy atom. The molecule has 4 heterocycles. The highest BCUT2D eigenvalue weighted by Crippen LogP contribution is 2.54. The van der Waals surface area contributed by atoms with Crippen LogP contribution in [-0.4, -0.2) is 39.0 Å². The molecule has 528 valence electrons. The van der Waals surface area contributed by atoms with Gasteiger partial charge in [-0.05, 0) is 195 Å². The number of rotatable bonds is 10. The minimum absolute atomic E-state index is 0.638. The zero-order chi connectivity index (χ0) is 74.9. The summed E-state index contributed by atoms with van der Waals surface area (Å²) in [6, 6.07) is 139. The summed E-state index contributed by atoms with van der Waals surface area (Å²) in [5, 5.41) is 14.7. The van der Waals surface area contributed by atoms with Crippen LogP contribution in [0.2, 0.25) is 0 Å². The zero-order valence-electron chi connectivity index (χ0n) is 61.5. The fraction of sp³-hybridized carbons (Fsp3) is 0. The highest BCUT2D eigenvalue weighted by molar-refractivity contribution is 6.33. The van der Waals surface area contributed by atoms with E-state index >= 15 is 0 Å². The summed E-state index contributed by atoms with van der Waals surface area (Å²) in [6.07, 6.45) is 0. The Balaban J connectivity index is 0.000000135. The van der Waals surface area contributed by atoms with Crippen LogP contribution in [0.1, 0.15) is 0 Å². The molecular weight excluding hydrogens is 1390 g/mol. The van der Waals surface area contributed by atoms with Crippen molar-refractivity contribution in [3.63, 3.8) is 0 Å². The molecule has 8 nitrogen and oxygen atoms in total. The van der Waals surface area contributed by atoms with Crippen LogP contribution in [0.4, 0.5) is 0 Å². The molecule has 24 rings (SSSR count). The molecule has 4 aromatic heterocycles. The van der Waals surface area contributed by atoms with Gasteiger partial charge in [0.15, 0.2) is 34.9 Å². The number of hydrogen-bond donors (Lipinski definition) is 0. The predicted molar refractivity (Wildman–Crippen MR) is 471 cm³/mol. The van der Waals surface area contributed by atoms with E-state index in [0.29, 0.717) is 34.9 Å². The number of benzene rings is 18. The minimum atomic E-state index is 0.638. The Bertz CT molecular complexity index is 7630. The Labute approximate surface area is 656 Å². The van der Waals surface area contributed by atoms with Crippen molar-refractivity contribution in [1.82, 2.24) is 39.0 Å². The maximum atomic E-state index is 5.13. The average Bonchev–Trinajstić information content (AvgIpc) is 1.54. The van der Waals surface area contributed by atoms with Gasteiger partial charge in [-0.25, -0.2) is 29.9 Å². The third kappa shape index (κ3) is 10.5. The van der Waals surface area contributed by atoms with E-state index in [0.717, 1.165) is 60.9 Å². The molecule has 0 radical (unpaired) electrons. The van der Waals surface area contributed by atoms with Gasteiger partial charge in [0, 0.05) is 66.0 Å². The Kier molecular flexibility index (Phi) is 14.8. The van der Waals surface area contributed by atoms with E-state index in [2.05, 4.69) is 331 Å². The molecule has 0 atom stereocenters. The van der Waals surface area contributed by atoms with Gasteiger partial charge in [-0.2, -0.15) is 0 Å². The van der Waals surface area contributed by atoms with Crippen molar-refractivity contribution >= 4 is 86.7 Å². The van der Waals surface area contributed by atoms with Crippen molar-refractivity contribution in [3.8, 4) is 146 Å². The second-order valence-electron chi connectivity index (χ2n) is 29.6. The van der Waals surface area contributed by atoms with E-state index in [9.17, 15) is 0 Å². The number of fused-ring (bicyclic) bond motifs is 8. The molecule has 0 spiro atoms. The van der Waals surface area contributed by atoms with Crippen molar-refractivity contribution in [1.29, 1.82) is 0 Å². The largest absolute Gasteiger partial charge is 0.309 e. The van der Waals surface area contributed by atoms with Crippen molar-refractivity contribution in [2.75, 3.05) is 0 Å². The lowest BCUT2D eigenvalue weighted by Crippen LogP contribution is -2.01. The second kappa shape index (κ2) is 26.2. The standard InChI is InChI=1S/2C53H32N4/c1-4-15-33(16-5-1)37-31-36-27-29-47-50-48(36)44(32-37)39-22-11-10-21-38(39)42-25-14-26-46(49(42)50)57(47)45-30-28-43(40-23-12-13-24-41(40)45)53-55-51(34-17-6-2-7-18-34)54-52(56-53)35-19-8-3-9-20-35;1-3-12-33(13-4-1)40-31-38-26-29-47-50-48(38)45(32-40)43-19-10-9-18-42(43)44-20-11-21-46(49(44)50)57(47)41-27-24-36(25-28-41)52-54-51(35-15-5-2-6-16-35)55-53(56-52)39-23-22-34-14-7-8-17-37(34)30-39/h2*1-32H. The molecule has 0 saturated carbocycles. The van der Waals surface area contributed by atoms with Crippen LogP contribution in [0.5, 0.6) is 0 Å². The van der Waals surface area contributed by atoms with Gasteiger partial charge in [0.25, 0.3) is 0 Å². The first-order valence-corrected chi connectivity index (χ1v) is 38.7. The lowest BCUT2D eigenvalue weighted by Gasteiger charge is -2.17. The zero-order valence-corrected chi connectivity index (χ0v) is 61.5. The normalized spacial score (nSPS) is 11.9. The maximum Gasteiger partial charge on any atom is 0.164 e. The smallest absolute Gasteiger partial charge is 0.164 e. The lowest BCUT2D eigenvalue weighted by molar-refractivity contribution is 1.07. The van der Waals surface area contributed by atoms with Crippen LogP contribution < -0.4 is 0 Å². The first kappa shape index (κ1) is 64.6. The van der Waals surface area contributed by atoms with Gasteiger partial charge < -0.3 is 9.13 Å². The maximum absolute atomic E-state index is 5.13. The molecule has 0 unspecified atom stereocenters. The van der Waals surface area contributed by atoms with Gasteiger partial charge in [-0.15, -0.1) is 0 Å². The fourth-order valence-corrected chi connectivity index (χ4v) is 18.0. The monoisotopic (exact) mass is 1450 g/mol. The first-order chi connectivity index (χ1) is 56.5. The predicted octanol–water partition coefficient (Wildman–Crippen LogP) is 27.2. The Hall–Kier alpha value is -15.4. The van der Waals surface area contributed by atoms with Crippen LogP contribution >= 0.6 is 0 Å². The topological polar surface area (TPSA) is 87.2 Å². The van der Waals surface area contributed by atoms with Gasteiger partial charge in [0.2, 0.25) is 0 Å². The van der Waals surface area contributed by atoms with Gasteiger partial charge in [-0.3, -0.25) is 0 Å². The molecule has 8 heteroatoms. The Morgan fingerprint density at radius 2 is 0.509 bits per heavy atom. The lowest BCUT2D eigenvalue weighted by atomic mass is 9.90. The van der Waals surface area contributed by atoms with E-state index in [4.69, 9.17) is 29.9 Å². The highest BCUT2D eigenvalue weighted by Gasteiger charge is 2.29. The molecule has 114 heavy (non-hydrogen) atoms. The van der Waals surface area contributed by atoms with Gasteiger partial charge in [-0.1, -0.05) is 297 Å². The summed E-state index contributed by atoms with van der Waals surface area (Å²) in [5.41, 5.74) is 27.6. The molecule has 0 bridgehead atoms. The number of hydrogen-bond acceptors (Lipinski definition) is 6. The molecule has 0 saturated heterocycles. The van der Waals surface area contributed by atoms with Crippen molar-refractivity contribution in [2.45, 2.75) is 0 Å². The molecule has 18 aromatic carbocycles. The molecule has 22 aromatic rings. The average molecular weight is 1450 g/mol. The second-order valence-corrected chi connectivity index (χ2v) is 29.6. The quantitative estimate of drug-likeness (QED) is 0.136. The molecule has 0 amide bonds. The summed E-state index contributed by atoms with van der Waals surface area (Å²) in [7, 11) is 0. The highest BCUT2D eigenvalue weighted by atomic mass is 15.1. The fourth-order valence-electron chi connectivity index (χ4n) is 18.0. The van der Waals surface area contributed by atoms with E-state index in [-0.39, 0.29) is 0 Å². The molecule has 0 fully saturated rings. The number of nitrogens with zero attached hydrogens (tertiary/aromatic N) is 8. The van der Waals surface area contributed by atoms with E-state index in [1.54, 1.807) is 0 Å². The van der Waals surface area contributed by atoms with Gasteiger partial charge in [0.1, 0.15) is 0 Å². The third-order valence-electron chi connectivity index (χ3n) is 23.1. The summed E-state index contributed by atoms with van der Waals surface area (Å²) in [4.78, 5) is 30.3. The molecule has 0 N–H and O–H groups in total. The molecule has 2 aliphatic carbocycles.